The van der Waals surface area contributed by atoms with E-state index >= 15 is 0 Å². The molecule has 0 fully saturated rings. The lowest BCUT2D eigenvalue weighted by Crippen LogP contribution is -2.52. The van der Waals surface area contributed by atoms with Crippen molar-refractivity contribution in [3.63, 3.8) is 0 Å². The quantitative estimate of drug-likeness (QED) is 0.404. The van der Waals surface area contributed by atoms with Gasteiger partial charge in [0, 0.05) is 42.4 Å². The molecular weight excluding hydrogens is 276 g/mol. The van der Waals surface area contributed by atoms with Crippen LogP contribution in [-0.2, 0) is 13.6 Å². The van der Waals surface area contributed by atoms with Gasteiger partial charge in [-0.3, -0.25) is 0 Å². The predicted molar refractivity (Wildman–Crippen MR) is 80.5 cm³/mol. The maximum Gasteiger partial charge on any atom is 0.373 e. The molecular formula is C14H22O3SSi. The van der Waals surface area contributed by atoms with E-state index in [-0.39, 0.29) is 0 Å². The molecule has 1 heterocycles. The highest BCUT2D eigenvalue weighted by molar-refractivity contribution is 8.05. The van der Waals surface area contributed by atoms with Gasteiger partial charge in [-0.2, -0.15) is 0 Å². The molecule has 1 aromatic carbocycles. The van der Waals surface area contributed by atoms with Crippen molar-refractivity contribution in [1.82, 2.24) is 0 Å². The molecule has 19 heavy (non-hydrogen) atoms. The topological polar surface area (TPSA) is 27.7 Å². The minimum Gasteiger partial charge on any atom is -0.394 e. The van der Waals surface area contributed by atoms with Gasteiger partial charge in [0.2, 0.25) is 0 Å². The number of ether oxygens (including phenoxy) is 1. The summed E-state index contributed by atoms with van der Waals surface area (Å²) < 4.78 is 17.2. The average molecular weight is 298 g/mol. The van der Waals surface area contributed by atoms with Crippen LogP contribution in [0.15, 0.2) is 28.0 Å². The van der Waals surface area contributed by atoms with Crippen LogP contribution in [0.1, 0.15) is 19.8 Å². The molecule has 2 rings (SSSR count). The lowest BCUT2D eigenvalue weighted by atomic mass is 10.4. The molecule has 3 nitrogen and oxygen atoms in total. The van der Waals surface area contributed by atoms with E-state index in [1.54, 1.807) is 14.2 Å². The van der Waals surface area contributed by atoms with Crippen LogP contribution in [0.2, 0.25) is 6.04 Å². The van der Waals surface area contributed by atoms with E-state index in [2.05, 4.69) is 25.1 Å². The van der Waals surface area contributed by atoms with E-state index in [9.17, 15) is 0 Å². The molecule has 0 bridgehead atoms. The van der Waals surface area contributed by atoms with Crippen LogP contribution in [0.3, 0.4) is 0 Å². The lowest BCUT2D eigenvalue weighted by Gasteiger charge is -2.27. The van der Waals surface area contributed by atoms with Crippen LogP contribution in [0, 0.1) is 0 Å². The second-order valence-corrected chi connectivity index (χ2v) is 9.03. The highest BCUT2D eigenvalue weighted by atomic mass is 32.2. The zero-order valence-corrected chi connectivity index (χ0v) is 13.7. The van der Waals surface area contributed by atoms with Crippen LogP contribution >= 0.6 is 11.8 Å². The fourth-order valence-corrected chi connectivity index (χ4v) is 6.39. The molecule has 0 spiro atoms. The van der Waals surface area contributed by atoms with Gasteiger partial charge in [0.25, 0.3) is 0 Å². The first-order valence-corrected chi connectivity index (χ1v) is 9.61. The van der Waals surface area contributed by atoms with Crippen molar-refractivity contribution in [2.24, 2.45) is 0 Å². The molecule has 0 aromatic heterocycles. The summed E-state index contributed by atoms with van der Waals surface area (Å²) in [5.74, 6) is 0. The molecule has 0 N–H and O–H groups in total. The molecule has 0 amide bonds. The summed E-state index contributed by atoms with van der Waals surface area (Å²) in [6.07, 6.45) is 2.06. The number of rotatable bonds is 9. The fraction of sp³-hybridized carbons (Fsp3) is 0.571. The predicted octanol–water partition coefficient (Wildman–Crippen LogP) is 2.91. The zero-order chi connectivity index (χ0) is 13.7. The zero-order valence-electron chi connectivity index (χ0n) is 11.9. The maximum atomic E-state index is 5.84. The van der Waals surface area contributed by atoms with Gasteiger partial charge in [-0.15, -0.1) is 0 Å². The van der Waals surface area contributed by atoms with Gasteiger partial charge >= 0.3 is 8.56 Å². The average Bonchev–Trinajstić information content (AvgIpc) is 3.23. The first kappa shape index (κ1) is 15.1. The second-order valence-electron chi connectivity index (χ2n) is 4.61. The van der Waals surface area contributed by atoms with Crippen molar-refractivity contribution >= 4 is 25.5 Å². The van der Waals surface area contributed by atoms with Crippen molar-refractivity contribution in [2.45, 2.75) is 35.6 Å². The molecule has 106 valence electrons. The summed E-state index contributed by atoms with van der Waals surface area (Å²) in [5.41, 5.74) is 0. The van der Waals surface area contributed by atoms with Gasteiger partial charge in [-0.1, -0.05) is 30.8 Å². The van der Waals surface area contributed by atoms with Crippen LogP contribution in [0.5, 0.6) is 0 Å². The molecule has 0 aliphatic carbocycles. The van der Waals surface area contributed by atoms with Crippen molar-refractivity contribution < 1.29 is 13.6 Å². The third-order valence-corrected chi connectivity index (χ3v) is 8.11. The summed E-state index contributed by atoms with van der Waals surface area (Å²) in [7, 11) is 1.27. The molecule has 0 saturated carbocycles. The van der Waals surface area contributed by atoms with Crippen molar-refractivity contribution in [1.29, 1.82) is 0 Å². The second kappa shape index (κ2) is 6.90. The molecule has 1 aliphatic heterocycles. The van der Waals surface area contributed by atoms with E-state index in [0.29, 0.717) is 0 Å². The van der Waals surface area contributed by atoms with Gasteiger partial charge in [0.05, 0.1) is 0 Å². The molecule has 0 unspecified atom stereocenters. The smallest absolute Gasteiger partial charge is 0.373 e. The summed E-state index contributed by atoms with van der Waals surface area (Å²) in [4.78, 5) is 2.73. The van der Waals surface area contributed by atoms with Crippen LogP contribution in [0.25, 0.3) is 0 Å². The number of hydrogen-bond donors (Lipinski definition) is 0. The summed E-state index contributed by atoms with van der Waals surface area (Å²) >= 11 is 1.83. The summed E-state index contributed by atoms with van der Waals surface area (Å²) in [6, 6.07) is 7.35. The van der Waals surface area contributed by atoms with Crippen molar-refractivity contribution in [2.75, 3.05) is 27.4 Å². The van der Waals surface area contributed by atoms with E-state index in [4.69, 9.17) is 13.6 Å². The number of fused-ring (bicyclic) bond motifs is 1. The summed E-state index contributed by atoms with van der Waals surface area (Å²) in [5, 5.41) is 1.29. The van der Waals surface area contributed by atoms with Crippen LogP contribution in [0.4, 0.5) is 0 Å². The molecule has 1 aliphatic rings. The third-order valence-electron chi connectivity index (χ3n) is 3.36. The Morgan fingerprint density at radius 3 is 2.63 bits per heavy atom. The van der Waals surface area contributed by atoms with Crippen LogP contribution < -0.4 is 5.19 Å². The molecule has 0 saturated heterocycles. The van der Waals surface area contributed by atoms with Gasteiger partial charge in [0.15, 0.2) is 0 Å². The monoisotopic (exact) mass is 298 g/mol. The molecule has 1 aromatic rings. The van der Waals surface area contributed by atoms with E-state index in [1.807, 2.05) is 11.8 Å². The Labute approximate surface area is 120 Å². The van der Waals surface area contributed by atoms with Gasteiger partial charge in [-0.05, 0) is 25.0 Å². The maximum absolute atomic E-state index is 5.84. The van der Waals surface area contributed by atoms with Gasteiger partial charge < -0.3 is 13.6 Å². The third kappa shape index (κ3) is 3.41. The van der Waals surface area contributed by atoms with Crippen molar-refractivity contribution in [3.8, 4) is 0 Å². The Bertz CT molecular complexity index is 421. The Morgan fingerprint density at radius 2 is 1.95 bits per heavy atom. The molecule has 0 atom stereocenters. The normalized spacial score (nSPS) is 13.4. The Hall–Kier alpha value is -0.333. The highest BCUT2D eigenvalue weighted by Gasteiger charge is 2.43. The summed E-state index contributed by atoms with van der Waals surface area (Å²) in [6.45, 7) is 3.75. The fourth-order valence-electron chi connectivity index (χ4n) is 2.28. The SMILES string of the molecule is CCCOCCC[Si](OC)(OC)c1cccc2c1S2. The van der Waals surface area contributed by atoms with Crippen molar-refractivity contribution in [3.05, 3.63) is 18.2 Å². The molecule has 0 radical (unpaired) electrons. The molecule has 5 heteroatoms. The number of benzene rings is 1. The lowest BCUT2D eigenvalue weighted by molar-refractivity contribution is 0.132. The highest BCUT2D eigenvalue weighted by Crippen LogP contribution is 2.47. The van der Waals surface area contributed by atoms with Gasteiger partial charge in [-0.25, -0.2) is 0 Å². The standard InChI is InChI=1S/C14H22O3SSi/c1-4-9-17-10-6-11-19(15-2,16-3)13-8-5-7-12-14(13)18-12/h5,7-8H,4,6,9-11H2,1-3H3. The minimum atomic E-state index is -2.27. The Morgan fingerprint density at radius 1 is 1.16 bits per heavy atom. The Kier molecular flexibility index (Phi) is 5.47. The van der Waals surface area contributed by atoms with E-state index < -0.39 is 8.56 Å². The van der Waals surface area contributed by atoms with E-state index in [1.165, 1.54) is 15.0 Å². The van der Waals surface area contributed by atoms with E-state index in [0.717, 1.165) is 32.1 Å². The Balaban J connectivity index is 2.00. The number of hydrogen-bond acceptors (Lipinski definition) is 4. The first-order valence-electron chi connectivity index (χ1n) is 6.77. The minimum absolute atomic E-state index is 0.789. The largest absolute Gasteiger partial charge is 0.394 e. The first-order chi connectivity index (χ1) is 9.27. The van der Waals surface area contributed by atoms with Gasteiger partial charge in [0.1, 0.15) is 0 Å². The van der Waals surface area contributed by atoms with Crippen LogP contribution in [-0.4, -0.2) is 36.0 Å².